The molecule has 0 aromatic heterocycles. The van der Waals surface area contributed by atoms with Gasteiger partial charge in [0.2, 0.25) is 0 Å². The highest BCUT2D eigenvalue weighted by molar-refractivity contribution is 5.23. The molecule has 0 saturated carbocycles. The average Bonchev–Trinajstić information content (AvgIpc) is 2.49. The Bertz CT molecular complexity index is 508. The second-order valence-corrected chi connectivity index (χ2v) is 5.16. The summed E-state index contributed by atoms with van der Waals surface area (Å²) in [5.41, 5.74) is 9.86. The van der Waals surface area contributed by atoms with Gasteiger partial charge in [0, 0.05) is 26.2 Å². The van der Waals surface area contributed by atoms with Crippen molar-refractivity contribution in [1.29, 1.82) is 0 Å². The molecule has 2 heteroatoms. The Labute approximate surface area is 122 Å². The summed E-state index contributed by atoms with van der Waals surface area (Å²) in [5, 5.41) is 0. The van der Waals surface area contributed by atoms with E-state index >= 15 is 0 Å². The highest BCUT2D eigenvalue weighted by atomic mass is 15.1. The first-order chi connectivity index (χ1) is 9.81. The first-order valence-electron chi connectivity index (χ1n) is 7.36. The van der Waals surface area contributed by atoms with Crippen LogP contribution in [0.4, 0.5) is 0 Å². The van der Waals surface area contributed by atoms with E-state index in [1.165, 1.54) is 16.7 Å². The molecule has 0 atom stereocenters. The van der Waals surface area contributed by atoms with Gasteiger partial charge in [-0.2, -0.15) is 0 Å². The van der Waals surface area contributed by atoms with E-state index in [0.29, 0.717) is 6.54 Å². The van der Waals surface area contributed by atoms with E-state index in [1.54, 1.807) is 0 Å². The molecule has 0 unspecified atom stereocenters. The van der Waals surface area contributed by atoms with Gasteiger partial charge < -0.3 is 5.73 Å². The maximum absolute atomic E-state index is 5.75. The standard InChI is InChI=1S/C18H24N2/c1-2-16-9-6-10-18(13-16)15-20(12-11-19)14-17-7-4-3-5-8-17/h3-10,13H,2,11-12,14-15,19H2,1H3. The largest absolute Gasteiger partial charge is 0.329 e. The highest BCUT2D eigenvalue weighted by Crippen LogP contribution is 2.11. The summed E-state index contributed by atoms with van der Waals surface area (Å²) < 4.78 is 0. The number of benzene rings is 2. The second kappa shape index (κ2) is 7.83. The molecule has 0 heterocycles. The van der Waals surface area contributed by atoms with Crippen molar-refractivity contribution < 1.29 is 0 Å². The Morgan fingerprint density at radius 3 is 2.20 bits per heavy atom. The molecule has 0 spiro atoms. The molecule has 0 saturated heterocycles. The lowest BCUT2D eigenvalue weighted by Gasteiger charge is -2.22. The van der Waals surface area contributed by atoms with E-state index in [-0.39, 0.29) is 0 Å². The summed E-state index contributed by atoms with van der Waals surface area (Å²) in [7, 11) is 0. The van der Waals surface area contributed by atoms with Gasteiger partial charge in [0.05, 0.1) is 0 Å². The van der Waals surface area contributed by atoms with Crippen molar-refractivity contribution in [1.82, 2.24) is 4.90 Å². The van der Waals surface area contributed by atoms with E-state index in [4.69, 9.17) is 5.73 Å². The summed E-state index contributed by atoms with van der Waals surface area (Å²) in [6.07, 6.45) is 1.09. The Kier molecular flexibility index (Phi) is 5.78. The van der Waals surface area contributed by atoms with Gasteiger partial charge in [-0.25, -0.2) is 0 Å². The zero-order valence-corrected chi connectivity index (χ0v) is 12.3. The van der Waals surface area contributed by atoms with Crippen LogP contribution in [0.2, 0.25) is 0 Å². The molecule has 0 aliphatic heterocycles. The molecule has 2 rings (SSSR count). The molecule has 2 nitrogen and oxygen atoms in total. The Balaban J connectivity index is 2.04. The summed E-state index contributed by atoms with van der Waals surface area (Å²) >= 11 is 0. The van der Waals surface area contributed by atoms with E-state index in [1.807, 2.05) is 0 Å². The minimum Gasteiger partial charge on any atom is -0.329 e. The fourth-order valence-electron chi connectivity index (χ4n) is 2.44. The molecule has 0 fully saturated rings. The zero-order valence-electron chi connectivity index (χ0n) is 12.3. The molecule has 0 aliphatic carbocycles. The van der Waals surface area contributed by atoms with Gasteiger partial charge in [0.1, 0.15) is 0 Å². The minimum absolute atomic E-state index is 0.695. The molecule has 0 aliphatic rings. The Hall–Kier alpha value is -1.64. The van der Waals surface area contributed by atoms with Gasteiger partial charge in [0.25, 0.3) is 0 Å². The number of nitrogens with two attached hydrogens (primary N) is 1. The van der Waals surface area contributed by atoms with Crippen LogP contribution >= 0.6 is 0 Å². The van der Waals surface area contributed by atoms with Gasteiger partial charge in [-0.3, -0.25) is 4.90 Å². The van der Waals surface area contributed by atoms with Gasteiger partial charge in [-0.1, -0.05) is 61.5 Å². The van der Waals surface area contributed by atoms with E-state index in [9.17, 15) is 0 Å². The van der Waals surface area contributed by atoms with Gasteiger partial charge in [-0.15, -0.1) is 0 Å². The van der Waals surface area contributed by atoms with Crippen LogP contribution in [0.1, 0.15) is 23.6 Å². The van der Waals surface area contributed by atoms with Crippen molar-refractivity contribution in [2.45, 2.75) is 26.4 Å². The SMILES string of the molecule is CCc1cccc(CN(CCN)Cc2ccccc2)c1. The normalized spacial score (nSPS) is 10.9. The Morgan fingerprint density at radius 2 is 1.50 bits per heavy atom. The third kappa shape index (κ3) is 4.48. The van der Waals surface area contributed by atoms with E-state index in [0.717, 1.165) is 26.1 Å². The first-order valence-corrected chi connectivity index (χ1v) is 7.36. The quantitative estimate of drug-likeness (QED) is 0.835. The third-order valence-corrected chi connectivity index (χ3v) is 3.50. The molecular weight excluding hydrogens is 244 g/mol. The molecule has 2 aromatic rings. The number of nitrogens with zero attached hydrogens (tertiary/aromatic N) is 1. The smallest absolute Gasteiger partial charge is 0.0237 e. The predicted octanol–water partition coefficient (Wildman–Crippen LogP) is 3.21. The van der Waals surface area contributed by atoms with E-state index < -0.39 is 0 Å². The number of hydrogen-bond acceptors (Lipinski definition) is 2. The summed E-state index contributed by atoms with van der Waals surface area (Å²) in [5.74, 6) is 0. The molecule has 0 amide bonds. The first kappa shape index (κ1) is 14.8. The fraction of sp³-hybridized carbons (Fsp3) is 0.333. The highest BCUT2D eigenvalue weighted by Gasteiger charge is 2.06. The van der Waals surface area contributed by atoms with Crippen molar-refractivity contribution in [2.75, 3.05) is 13.1 Å². The van der Waals surface area contributed by atoms with Crippen LogP contribution < -0.4 is 5.73 Å². The summed E-state index contributed by atoms with van der Waals surface area (Å²) in [6, 6.07) is 19.4. The van der Waals surface area contributed by atoms with Gasteiger partial charge in [0.15, 0.2) is 0 Å². The molecule has 2 N–H and O–H groups in total. The monoisotopic (exact) mass is 268 g/mol. The third-order valence-electron chi connectivity index (χ3n) is 3.50. The van der Waals surface area contributed by atoms with Crippen LogP contribution in [0.5, 0.6) is 0 Å². The summed E-state index contributed by atoms with van der Waals surface area (Å²) in [6.45, 7) is 5.72. The maximum Gasteiger partial charge on any atom is 0.0237 e. The Morgan fingerprint density at radius 1 is 0.850 bits per heavy atom. The van der Waals surface area contributed by atoms with Crippen LogP contribution in [0.3, 0.4) is 0 Å². The number of hydrogen-bond donors (Lipinski definition) is 1. The molecule has 2 aromatic carbocycles. The van der Waals surface area contributed by atoms with Crippen molar-refractivity contribution in [3.63, 3.8) is 0 Å². The van der Waals surface area contributed by atoms with Crippen molar-refractivity contribution in [3.05, 3.63) is 71.3 Å². The minimum atomic E-state index is 0.695. The predicted molar refractivity (Wildman–Crippen MR) is 85.4 cm³/mol. The van der Waals surface area contributed by atoms with Crippen LogP contribution in [-0.2, 0) is 19.5 Å². The van der Waals surface area contributed by atoms with Crippen molar-refractivity contribution in [3.8, 4) is 0 Å². The lowest BCUT2D eigenvalue weighted by atomic mass is 10.1. The molecule has 106 valence electrons. The van der Waals surface area contributed by atoms with E-state index in [2.05, 4.69) is 66.4 Å². The lowest BCUT2D eigenvalue weighted by molar-refractivity contribution is 0.264. The molecule has 0 bridgehead atoms. The zero-order chi connectivity index (χ0) is 14.2. The average molecular weight is 268 g/mol. The second-order valence-electron chi connectivity index (χ2n) is 5.16. The van der Waals surface area contributed by atoms with Gasteiger partial charge >= 0.3 is 0 Å². The van der Waals surface area contributed by atoms with Crippen LogP contribution in [0.25, 0.3) is 0 Å². The molecular formula is C18H24N2. The lowest BCUT2D eigenvalue weighted by Crippen LogP contribution is -2.28. The van der Waals surface area contributed by atoms with Gasteiger partial charge in [-0.05, 0) is 23.1 Å². The fourth-order valence-corrected chi connectivity index (χ4v) is 2.44. The molecule has 0 radical (unpaired) electrons. The van der Waals surface area contributed by atoms with Crippen LogP contribution in [-0.4, -0.2) is 18.0 Å². The van der Waals surface area contributed by atoms with Crippen molar-refractivity contribution >= 4 is 0 Å². The summed E-state index contributed by atoms with van der Waals surface area (Å²) in [4.78, 5) is 2.41. The maximum atomic E-state index is 5.75. The van der Waals surface area contributed by atoms with Crippen LogP contribution in [0.15, 0.2) is 54.6 Å². The van der Waals surface area contributed by atoms with Crippen LogP contribution in [0, 0.1) is 0 Å². The number of rotatable bonds is 7. The topological polar surface area (TPSA) is 29.3 Å². The molecule has 20 heavy (non-hydrogen) atoms. The van der Waals surface area contributed by atoms with Crippen molar-refractivity contribution in [2.24, 2.45) is 5.73 Å². The number of aryl methyl sites for hydroxylation is 1.